The third-order valence-electron chi connectivity index (χ3n) is 6.15. The molecule has 4 aromatic rings. The number of nitrogens with one attached hydrogen (secondary N) is 2. The van der Waals surface area contributed by atoms with Crippen molar-refractivity contribution in [2.45, 2.75) is 12.8 Å². The van der Waals surface area contributed by atoms with Crippen molar-refractivity contribution in [2.24, 2.45) is 5.41 Å². The van der Waals surface area contributed by atoms with Crippen LogP contribution in [0.2, 0.25) is 10.0 Å². The number of nitrogens with zero attached hydrogens (tertiary/aromatic N) is 1. The number of nitrogen functional groups attached to an aromatic ring is 1. The number of benzene rings is 3. The number of pyridine rings is 1. The first kappa shape index (κ1) is 24.6. The maximum absolute atomic E-state index is 13.1. The fourth-order valence-corrected chi connectivity index (χ4v) is 4.27. The van der Waals surface area contributed by atoms with E-state index in [2.05, 4.69) is 27.5 Å². The van der Waals surface area contributed by atoms with Gasteiger partial charge in [0, 0.05) is 33.2 Å². The van der Waals surface area contributed by atoms with E-state index in [0.29, 0.717) is 40.4 Å². The summed E-state index contributed by atoms with van der Waals surface area (Å²) in [5, 5.41) is 7.89. The summed E-state index contributed by atoms with van der Waals surface area (Å²) in [6.07, 6.45) is 2.46. The molecule has 1 aromatic heterocycles. The molecule has 0 aliphatic heterocycles. The number of nitrogens with two attached hydrogens (primary N) is 1. The third kappa shape index (κ3) is 5.08. The average Bonchev–Trinajstić information content (AvgIpc) is 3.69. The maximum atomic E-state index is 13.1. The van der Waals surface area contributed by atoms with Gasteiger partial charge in [-0.15, -0.1) is 0 Å². The molecule has 6 nitrogen and oxygen atoms in total. The molecule has 1 aliphatic rings. The molecule has 9 heteroatoms. The van der Waals surface area contributed by atoms with Crippen molar-refractivity contribution in [3.63, 3.8) is 0 Å². The van der Waals surface area contributed by atoms with Crippen molar-refractivity contribution in [1.82, 2.24) is 4.98 Å². The Labute approximate surface area is 222 Å². The van der Waals surface area contributed by atoms with Crippen molar-refractivity contribution in [3.05, 3.63) is 93.8 Å². The Hall–Kier alpha value is -4.12. The van der Waals surface area contributed by atoms with Crippen LogP contribution in [-0.2, 0) is 9.59 Å². The second-order valence-electron chi connectivity index (χ2n) is 8.69. The number of hydrogen-bond donors (Lipinski definition) is 3. The Bertz CT molecular complexity index is 1620. The van der Waals surface area contributed by atoms with E-state index in [9.17, 15) is 14.0 Å². The second-order valence-corrected chi connectivity index (χ2v) is 9.54. The molecule has 37 heavy (non-hydrogen) atoms. The SMILES string of the molecule is Nc1ncc2ccc(Cl)cc2c1C#Cc1ccc(NC(=O)C2(C(=O)Nc3ccc(F)cc3)CC2)c(Cl)c1. The number of carbonyl (C=O) groups excluding carboxylic acids is 2. The van der Waals surface area contributed by atoms with E-state index < -0.39 is 23.0 Å². The van der Waals surface area contributed by atoms with Gasteiger partial charge >= 0.3 is 0 Å². The van der Waals surface area contributed by atoms with E-state index in [1.807, 2.05) is 6.07 Å². The molecule has 0 radical (unpaired) electrons. The number of hydrogen-bond acceptors (Lipinski definition) is 4. The van der Waals surface area contributed by atoms with Crippen LogP contribution in [0.5, 0.6) is 0 Å². The van der Waals surface area contributed by atoms with E-state index in [4.69, 9.17) is 28.9 Å². The Morgan fingerprint density at radius 3 is 2.38 bits per heavy atom. The predicted molar refractivity (Wildman–Crippen MR) is 144 cm³/mol. The Balaban J connectivity index is 1.32. The zero-order chi connectivity index (χ0) is 26.2. The lowest BCUT2D eigenvalue weighted by molar-refractivity contribution is -0.131. The molecule has 0 spiro atoms. The molecular formula is C28H19Cl2FN4O2. The van der Waals surface area contributed by atoms with Crippen LogP contribution in [0.4, 0.5) is 21.6 Å². The van der Waals surface area contributed by atoms with Gasteiger partial charge in [-0.25, -0.2) is 9.37 Å². The first-order valence-electron chi connectivity index (χ1n) is 11.3. The Morgan fingerprint density at radius 1 is 0.946 bits per heavy atom. The van der Waals surface area contributed by atoms with Crippen LogP contribution in [0.3, 0.4) is 0 Å². The Morgan fingerprint density at radius 2 is 1.68 bits per heavy atom. The zero-order valence-corrected chi connectivity index (χ0v) is 20.8. The summed E-state index contributed by atoms with van der Waals surface area (Å²) in [4.78, 5) is 29.9. The lowest BCUT2D eigenvalue weighted by Crippen LogP contribution is -2.35. The molecule has 1 saturated carbocycles. The van der Waals surface area contributed by atoms with Gasteiger partial charge in [0.1, 0.15) is 17.1 Å². The van der Waals surface area contributed by atoms with Crippen LogP contribution in [0.25, 0.3) is 10.8 Å². The van der Waals surface area contributed by atoms with Gasteiger partial charge in [-0.2, -0.15) is 0 Å². The number of aromatic nitrogens is 1. The summed E-state index contributed by atoms with van der Waals surface area (Å²) in [5.74, 6) is 5.03. The number of amides is 2. The van der Waals surface area contributed by atoms with Gasteiger partial charge in [0.2, 0.25) is 11.8 Å². The molecule has 0 saturated heterocycles. The molecule has 0 bridgehead atoms. The third-order valence-corrected chi connectivity index (χ3v) is 6.70. The fraction of sp³-hybridized carbons (Fsp3) is 0.107. The van der Waals surface area contributed by atoms with E-state index in [1.54, 1.807) is 36.5 Å². The summed E-state index contributed by atoms with van der Waals surface area (Å²) in [6.45, 7) is 0. The van der Waals surface area contributed by atoms with Gasteiger partial charge in [0.15, 0.2) is 0 Å². The molecule has 1 aliphatic carbocycles. The average molecular weight is 533 g/mol. The fourth-order valence-electron chi connectivity index (χ4n) is 3.87. The van der Waals surface area contributed by atoms with Crippen molar-refractivity contribution in [2.75, 3.05) is 16.4 Å². The largest absolute Gasteiger partial charge is 0.383 e. The summed E-state index contributed by atoms with van der Waals surface area (Å²) >= 11 is 12.6. The molecule has 3 aromatic carbocycles. The lowest BCUT2D eigenvalue weighted by Gasteiger charge is -2.16. The van der Waals surface area contributed by atoms with Gasteiger partial charge in [0.05, 0.1) is 16.3 Å². The monoisotopic (exact) mass is 532 g/mol. The highest BCUT2D eigenvalue weighted by atomic mass is 35.5. The van der Waals surface area contributed by atoms with Crippen molar-refractivity contribution in [1.29, 1.82) is 0 Å². The topological polar surface area (TPSA) is 97.1 Å². The number of anilines is 3. The molecule has 5 rings (SSSR count). The molecule has 184 valence electrons. The molecule has 2 amide bonds. The van der Waals surface area contributed by atoms with E-state index >= 15 is 0 Å². The summed E-state index contributed by atoms with van der Waals surface area (Å²) in [5.41, 5.74) is 6.77. The van der Waals surface area contributed by atoms with Crippen LogP contribution in [0, 0.1) is 23.1 Å². The van der Waals surface area contributed by atoms with Crippen molar-refractivity contribution < 1.29 is 14.0 Å². The standard InChI is InChI=1S/C28H19Cl2FN4O2/c29-18-4-3-17-15-33-25(32)21(22(17)14-18)9-1-16-2-10-24(23(30)13-16)35-27(37)28(11-12-28)26(36)34-20-7-5-19(31)6-8-20/h2-8,10,13-15H,11-12H2,(H2,32,33)(H,34,36)(H,35,37). The number of halogens is 3. The van der Waals surface area contributed by atoms with Crippen LogP contribution >= 0.6 is 23.2 Å². The smallest absolute Gasteiger partial charge is 0.240 e. The summed E-state index contributed by atoms with van der Waals surface area (Å²) in [7, 11) is 0. The molecule has 1 fully saturated rings. The normalized spacial score (nSPS) is 13.4. The van der Waals surface area contributed by atoms with Gasteiger partial charge in [-0.05, 0) is 67.4 Å². The number of rotatable bonds is 4. The van der Waals surface area contributed by atoms with Gasteiger partial charge in [0.25, 0.3) is 0 Å². The van der Waals surface area contributed by atoms with Crippen molar-refractivity contribution in [3.8, 4) is 11.8 Å². The van der Waals surface area contributed by atoms with Crippen LogP contribution in [0.15, 0.2) is 66.9 Å². The summed E-state index contributed by atoms with van der Waals surface area (Å²) < 4.78 is 13.1. The minimum Gasteiger partial charge on any atom is -0.383 e. The van der Waals surface area contributed by atoms with Crippen LogP contribution < -0.4 is 16.4 Å². The molecule has 4 N–H and O–H groups in total. The van der Waals surface area contributed by atoms with E-state index in [1.165, 1.54) is 24.3 Å². The van der Waals surface area contributed by atoms with Gasteiger partial charge < -0.3 is 16.4 Å². The summed E-state index contributed by atoms with van der Waals surface area (Å²) in [6, 6.07) is 15.7. The quantitative estimate of drug-likeness (QED) is 0.221. The predicted octanol–water partition coefficient (Wildman–Crippen LogP) is 6.02. The molecule has 1 heterocycles. The second kappa shape index (κ2) is 9.74. The van der Waals surface area contributed by atoms with Gasteiger partial charge in [-0.3, -0.25) is 9.59 Å². The zero-order valence-electron chi connectivity index (χ0n) is 19.2. The number of carbonyl (C=O) groups is 2. The highest BCUT2D eigenvalue weighted by Gasteiger charge is 2.56. The van der Waals surface area contributed by atoms with Crippen molar-refractivity contribution >= 4 is 63.0 Å². The molecular weight excluding hydrogens is 514 g/mol. The van der Waals surface area contributed by atoms with Crippen LogP contribution in [-0.4, -0.2) is 16.8 Å². The van der Waals surface area contributed by atoms with E-state index in [-0.39, 0.29) is 10.8 Å². The minimum absolute atomic E-state index is 0.266. The molecule has 0 unspecified atom stereocenters. The molecule has 0 atom stereocenters. The minimum atomic E-state index is -1.20. The Kier molecular flexibility index (Phi) is 6.46. The lowest BCUT2D eigenvalue weighted by atomic mass is 10.0. The van der Waals surface area contributed by atoms with E-state index in [0.717, 1.165) is 10.8 Å². The van der Waals surface area contributed by atoms with Gasteiger partial charge in [-0.1, -0.05) is 41.1 Å². The highest BCUT2D eigenvalue weighted by Crippen LogP contribution is 2.47. The first-order valence-corrected chi connectivity index (χ1v) is 12.0. The first-order chi connectivity index (χ1) is 17.7. The number of fused-ring (bicyclic) bond motifs is 1. The maximum Gasteiger partial charge on any atom is 0.240 e. The highest BCUT2D eigenvalue weighted by molar-refractivity contribution is 6.34. The van der Waals surface area contributed by atoms with Crippen LogP contribution in [0.1, 0.15) is 24.0 Å².